The number of alkyl halides is 1. The number of anilines is 2. The zero-order valence-electron chi connectivity index (χ0n) is 23.2. The largest absolute Gasteiger partial charge is 0.494 e. The van der Waals surface area contributed by atoms with Crippen LogP contribution in [0, 0.1) is 0 Å². The van der Waals surface area contributed by atoms with Crippen LogP contribution in [0.4, 0.5) is 15.8 Å². The fourth-order valence-electron chi connectivity index (χ4n) is 5.88. The first-order chi connectivity index (χ1) is 19.5. The first kappa shape index (κ1) is 29.1. The van der Waals surface area contributed by atoms with E-state index in [0.717, 1.165) is 43.7 Å². The van der Waals surface area contributed by atoms with Gasteiger partial charge in [-0.2, -0.15) is 5.10 Å². The maximum Gasteiger partial charge on any atom is 0.287 e. The second-order valence-electron chi connectivity index (χ2n) is 10.9. The Morgan fingerprint density at radius 1 is 1.18 bits per heavy atom. The fraction of sp³-hybridized carbons (Fsp3) is 0.655. The van der Waals surface area contributed by atoms with E-state index in [2.05, 4.69) is 27.4 Å². The third-order valence-corrected chi connectivity index (χ3v) is 8.40. The Hall–Kier alpha value is -2.40. The molecule has 0 radical (unpaired) electrons. The number of rotatable bonds is 10. The summed E-state index contributed by atoms with van der Waals surface area (Å²) in [6.45, 7) is 5.79. The zero-order valence-corrected chi connectivity index (χ0v) is 23.9. The Balaban J connectivity index is 1.24. The molecule has 9 nitrogen and oxygen atoms in total. The van der Waals surface area contributed by atoms with Gasteiger partial charge < -0.3 is 29.2 Å². The zero-order chi connectivity index (χ0) is 28.0. The number of aromatic nitrogens is 2. The van der Waals surface area contributed by atoms with Crippen molar-refractivity contribution >= 4 is 23.0 Å². The van der Waals surface area contributed by atoms with E-state index < -0.39 is 5.67 Å². The van der Waals surface area contributed by atoms with Gasteiger partial charge in [0, 0.05) is 24.9 Å². The third kappa shape index (κ3) is 7.08. The van der Waals surface area contributed by atoms with Crippen LogP contribution in [0.2, 0.25) is 5.02 Å². The van der Waals surface area contributed by atoms with Crippen molar-refractivity contribution in [2.75, 3.05) is 62.9 Å². The minimum Gasteiger partial charge on any atom is -0.494 e. The van der Waals surface area contributed by atoms with Crippen molar-refractivity contribution in [3.05, 3.63) is 45.8 Å². The molecule has 1 aromatic carbocycles. The summed E-state index contributed by atoms with van der Waals surface area (Å²) in [5.41, 5.74) is -0.350. The van der Waals surface area contributed by atoms with E-state index in [-0.39, 0.29) is 41.9 Å². The SMILES string of the molecule is CCOc1ccc(N(C[C@@H]2COCCO2)[C@H]2CC[C@H](n3ncc(NC[C@]4(F)CCCOC4)c(Cl)c3=O)CC2)cc1. The van der Waals surface area contributed by atoms with Gasteiger partial charge in [0.15, 0.2) is 5.67 Å². The van der Waals surface area contributed by atoms with E-state index in [1.54, 1.807) is 0 Å². The maximum atomic E-state index is 14.9. The summed E-state index contributed by atoms with van der Waals surface area (Å²) < 4.78 is 39.0. The van der Waals surface area contributed by atoms with Crippen molar-refractivity contribution < 1.29 is 23.3 Å². The molecule has 3 aliphatic rings. The molecule has 5 rings (SSSR count). The van der Waals surface area contributed by atoms with Gasteiger partial charge in [0.1, 0.15) is 10.8 Å². The fourth-order valence-corrected chi connectivity index (χ4v) is 6.08. The molecule has 0 unspecified atom stereocenters. The van der Waals surface area contributed by atoms with Gasteiger partial charge in [-0.3, -0.25) is 4.79 Å². The van der Waals surface area contributed by atoms with E-state index in [1.807, 2.05) is 19.1 Å². The number of nitrogens with zero attached hydrogens (tertiary/aromatic N) is 3. The molecular formula is C29H40ClFN4O5. The molecule has 0 spiro atoms. The summed E-state index contributed by atoms with van der Waals surface area (Å²) in [6, 6.07) is 8.43. The molecule has 3 heterocycles. The van der Waals surface area contributed by atoms with Crippen LogP contribution in [-0.4, -0.2) is 80.3 Å². The van der Waals surface area contributed by atoms with E-state index in [9.17, 15) is 9.18 Å². The third-order valence-electron chi connectivity index (χ3n) is 8.03. The first-order valence-electron chi connectivity index (χ1n) is 14.4. The van der Waals surface area contributed by atoms with Gasteiger partial charge in [-0.25, -0.2) is 9.07 Å². The molecule has 0 bridgehead atoms. The van der Waals surface area contributed by atoms with Gasteiger partial charge in [-0.1, -0.05) is 11.6 Å². The quantitative estimate of drug-likeness (QED) is 0.437. The second-order valence-corrected chi connectivity index (χ2v) is 11.3. The van der Waals surface area contributed by atoms with Crippen molar-refractivity contribution in [1.29, 1.82) is 0 Å². The van der Waals surface area contributed by atoms with Crippen molar-refractivity contribution in [3.8, 4) is 5.75 Å². The lowest BCUT2D eigenvalue weighted by atomic mass is 9.89. The van der Waals surface area contributed by atoms with Gasteiger partial charge in [-0.05, 0) is 69.7 Å². The van der Waals surface area contributed by atoms with Gasteiger partial charge in [0.25, 0.3) is 5.56 Å². The molecule has 2 atom stereocenters. The molecule has 2 aliphatic heterocycles. The predicted octanol–water partition coefficient (Wildman–Crippen LogP) is 4.63. The average molecular weight is 579 g/mol. The van der Waals surface area contributed by atoms with Crippen LogP contribution < -0.4 is 20.5 Å². The molecular weight excluding hydrogens is 539 g/mol. The molecule has 3 fully saturated rings. The van der Waals surface area contributed by atoms with Crippen LogP contribution in [0.25, 0.3) is 0 Å². The molecule has 11 heteroatoms. The molecule has 220 valence electrons. The number of benzene rings is 1. The van der Waals surface area contributed by atoms with E-state index in [0.29, 0.717) is 51.6 Å². The Bertz CT molecular complexity index is 1150. The summed E-state index contributed by atoms with van der Waals surface area (Å²) in [4.78, 5) is 15.6. The lowest BCUT2D eigenvalue weighted by Gasteiger charge is -2.40. The Labute approximate surface area is 239 Å². The first-order valence-corrected chi connectivity index (χ1v) is 14.8. The summed E-state index contributed by atoms with van der Waals surface area (Å²) >= 11 is 6.45. The smallest absolute Gasteiger partial charge is 0.287 e. The lowest BCUT2D eigenvalue weighted by molar-refractivity contribution is -0.0847. The summed E-state index contributed by atoms with van der Waals surface area (Å²) in [5.74, 6) is 0.848. The van der Waals surface area contributed by atoms with Crippen LogP contribution in [0.1, 0.15) is 51.5 Å². The molecule has 0 amide bonds. The number of hydrogen-bond donors (Lipinski definition) is 1. The highest BCUT2D eigenvalue weighted by Gasteiger charge is 2.34. The number of hydrogen-bond acceptors (Lipinski definition) is 8. The van der Waals surface area contributed by atoms with Gasteiger partial charge in [0.2, 0.25) is 0 Å². The summed E-state index contributed by atoms with van der Waals surface area (Å²) in [7, 11) is 0. The standard InChI is InChI=1S/C29H40ClFN4O5/c1-2-39-24-10-8-22(9-11-24)34(17-25-18-37-14-15-40-25)21-4-6-23(7-5-21)35-28(36)27(30)26(16-33-35)32-19-29(31)12-3-13-38-20-29/h8-11,16,21,23,25,32H,2-7,12-15,17-20H2,1H3/t21-,23-,25-,29-/m1/s1. The van der Waals surface area contributed by atoms with Crippen LogP contribution in [-0.2, 0) is 14.2 Å². The molecule has 1 saturated carbocycles. The molecule has 40 heavy (non-hydrogen) atoms. The monoisotopic (exact) mass is 578 g/mol. The Morgan fingerprint density at radius 2 is 1.98 bits per heavy atom. The highest BCUT2D eigenvalue weighted by Crippen LogP contribution is 2.34. The number of nitrogens with one attached hydrogen (secondary N) is 1. The second kappa shape index (κ2) is 13.5. The normalized spacial score (nSPS) is 27.2. The van der Waals surface area contributed by atoms with Gasteiger partial charge in [0.05, 0.1) is 63.6 Å². The molecule has 1 aromatic heterocycles. The molecule has 1 aliphatic carbocycles. The highest BCUT2D eigenvalue weighted by atomic mass is 35.5. The van der Waals surface area contributed by atoms with Crippen molar-refractivity contribution in [2.24, 2.45) is 0 Å². The van der Waals surface area contributed by atoms with Crippen molar-refractivity contribution in [2.45, 2.75) is 69.3 Å². The highest BCUT2D eigenvalue weighted by molar-refractivity contribution is 6.32. The summed E-state index contributed by atoms with van der Waals surface area (Å²) in [5, 5.41) is 7.47. The average Bonchev–Trinajstić information content (AvgIpc) is 2.98. The van der Waals surface area contributed by atoms with Crippen LogP contribution in [0.5, 0.6) is 5.75 Å². The lowest BCUT2D eigenvalue weighted by Crippen LogP contribution is -2.46. The predicted molar refractivity (Wildman–Crippen MR) is 153 cm³/mol. The van der Waals surface area contributed by atoms with Crippen LogP contribution in [0.15, 0.2) is 35.3 Å². The Kier molecular flexibility index (Phi) is 9.83. The molecule has 2 saturated heterocycles. The van der Waals surface area contributed by atoms with E-state index >= 15 is 0 Å². The minimum absolute atomic E-state index is 0.00445. The number of halogens is 2. The summed E-state index contributed by atoms with van der Waals surface area (Å²) in [6.07, 6.45) is 6.00. The molecule has 1 N–H and O–H groups in total. The van der Waals surface area contributed by atoms with E-state index in [1.165, 1.54) is 10.9 Å². The van der Waals surface area contributed by atoms with Gasteiger partial charge in [-0.15, -0.1) is 0 Å². The van der Waals surface area contributed by atoms with Crippen LogP contribution >= 0.6 is 11.6 Å². The maximum absolute atomic E-state index is 14.9. The van der Waals surface area contributed by atoms with Crippen molar-refractivity contribution in [1.82, 2.24) is 9.78 Å². The Morgan fingerprint density at radius 3 is 2.65 bits per heavy atom. The van der Waals surface area contributed by atoms with Crippen molar-refractivity contribution in [3.63, 3.8) is 0 Å². The van der Waals surface area contributed by atoms with Gasteiger partial charge >= 0.3 is 0 Å². The van der Waals surface area contributed by atoms with Crippen LogP contribution in [0.3, 0.4) is 0 Å². The molecule has 2 aromatic rings. The number of ether oxygens (including phenoxy) is 4. The minimum atomic E-state index is -1.47. The topological polar surface area (TPSA) is 87.1 Å². The van der Waals surface area contributed by atoms with E-state index in [4.69, 9.17) is 30.5 Å².